The van der Waals surface area contributed by atoms with Gasteiger partial charge in [0, 0.05) is 6.54 Å². The third kappa shape index (κ3) is 2.32. The Hall–Kier alpha value is -1.21. The Bertz CT molecular complexity index is 602. The summed E-state index contributed by atoms with van der Waals surface area (Å²) in [7, 11) is 0. The summed E-state index contributed by atoms with van der Waals surface area (Å²) < 4.78 is 14.5. The lowest BCUT2D eigenvalue weighted by Crippen LogP contribution is -2.29. The van der Waals surface area contributed by atoms with Crippen molar-refractivity contribution in [1.29, 1.82) is 0 Å². The zero-order valence-electron chi connectivity index (χ0n) is 9.48. The number of thiazole rings is 1. The van der Waals surface area contributed by atoms with Crippen LogP contribution in [0, 0.1) is 5.82 Å². The minimum Gasteiger partial charge on any atom is -0.465 e. The van der Waals surface area contributed by atoms with Gasteiger partial charge < -0.3 is 5.11 Å². The van der Waals surface area contributed by atoms with Gasteiger partial charge in [-0.2, -0.15) is 0 Å². The SMILES string of the molecule is CCCN(C(=O)O)c1nc2ccc(Br)c(F)c2s1. The van der Waals surface area contributed by atoms with Gasteiger partial charge in [-0.05, 0) is 34.5 Å². The first-order valence-corrected chi connectivity index (χ1v) is 6.90. The lowest BCUT2D eigenvalue weighted by atomic mass is 10.3. The zero-order valence-corrected chi connectivity index (χ0v) is 11.9. The Morgan fingerprint density at radius 1 is 1.61 bits per heavy atom. The van der Waals surface area contributed by atoms with Crippen LogP contribution in [0.15, 0.2) is 16.6 Å². The maximum atomic E-state index is 13.8. The van der Waals surface area contributed by atoms with Crippen molar-refractivity contribution >= 4 is 48.7 Å². The molecular formula is C11H10BrFN2O2S. The molecule has 1 N–H and O–H groups in total. The van der Waals surface area contributed by atoms with Crippen LogP contribution in [0.2, 0.25) is 0 Å². The van der Waals surface area contributed by atoms with E-state index in [4.69, 9.17) is 5.11 Å². The topological polar surface area (TPSA) is 53.4 Å². The number of carboxylic acid groups (broad SMARTS) is 1. The molecule has 0 unspecified atom stereocenters. The summed E-state index contributed by atoms with van der Waals surface area (Å²) in [4.78, 5) is 16.4. The first-order valence-electron chi connectivity index (χ1n) is 5.29. The van der Waals surface area contributed by atoms with Crippen LogP contribution in [0.5, 0.6) is 0 Å². The predicted molar refractivity (Wildman–Crippen MR) is 72.9 cm³/mol. The predicted octanol–water partition coefficient (Wildman–Crippen LogP) is 4.09. The molecule has 0 saturated heterocycles. The molecule has 0 radical (unpaired) electrons. The molecule has 7 heteroatoms. The van der Waals surface area contributed by atoms with E-state index in [0.717, 1.165) is 16.2 Å². The fraction of sp³-hybridized carbons (Fsp3) is 0.273. The Labute approximate surface area is 115 Å². The van der Waals surface area contributed by atoms with Crippen LogP contribution in [-0.4, -0.2) is 22.7 Å². The normalized spacial score (nSPS) is 10.8. The number of carbonyl (C=O) groups is 1. The second kappa shape index (κ2) is 5.19. The zero-order chi connectivity index (χ0) is 13.3. The summed E-state index contributed by atoms with van der Waals surface area (Å²) in [5.41, 5.74) is 0.470. The van der Waals surface area contributed by atoms with E-state index in [0.29, 0.717) is 32.8 Å². The second-order valence-electron chi connectivity index (χ2n) is 3.64. The van der Waals surface area contributed by atoms with E-state index >= 15 is 0 Å². The molecule has 0 spiro atoms. The fourth-order valence-electron chi connectivity index (χ4n) is 1.54. The van der Waals surface area contributed by atoms with Crippen LogP contribution in [0.25, 0.3) is 10.2 Å². The maximum Gasteiger partial charge on any atom is 0.413 e. The van der Waals surface area contributed by atoms with Crippen molar-refractivity contribution in [1.82, 2.24) is 4.98 Å². The van der Waals surface area contributed by atoms with E-state index in [2.05, 4.69) is 20.9 Å². The van der Waals surface area contributed by atoms with E-state index in [9.17, 15) is 9.18 Å². The minimum absolute atomic E-state index is 0.302. The summed E-state index contributed by atoms with van der Waals surface area (Å²) in [6.07, 6.45) is -0.399. The molecule has 96 valence electrons. The van der Waals surface area contributed by atoms with E-state index < -0.39 is 11.9 Å². The van der Waals surface area contributed by atoms with Crippen LogP contribution in [0.3, 0.4) is 0 Å². The molecule has 0 aliphatic heterocycles. The van der Waals surface area contributed by atoms with Gasteiger partial charge in [0.2, 0.25) is 0 Å². The van der Waals surface area contributed by atoms with Crippen molar-refractivity contribution in [3.63, 3.8) is 0 Å². The van der Waals surface area contributed by atoms with Crippen LogP contribution in [0.1, 0.15) is 13.3 Å². The van der Waals surface area contributed by atoms with E-state index in [1.54, 1.807) is 12.1 Å². The average molecular weight is 333 g/mol. The molecule has 0 aliphatic rings. The number of nitrogens with zero attached hydrogens (tertiary/aromatic N) is 2. The third-order valence-corrected chi connectivity index (χ3v) is 4.05. The molecule has 0 saturated carbocycles. The summed E-state index contributed by atoms with van der Waals surface area (Å²) >= 11 is 4.14. The lowest BCUT2D eigenvalue weighted by molar-refractivity contribution is 0.202. The molecule has 0 bridgehead atoms. The number of halogens is 2. The molecule has 0 fully saturated rings. The van der Waals surface area contributed by atoms with Gasteiger partial charge in [0.25, 0.3) is 0 Å². The number of fused-ring (bicyclic) bond motifs is 1. The quantitative estimate of drug-likeness (QED) is 0.920. The summed E-state index contributed by atoms with van der Waals surface area (Å²) in [5, 5.41) is 9.40. The van der Waals surface area contributed by atoms with Gasteiger partial charge in [-0.1, -0.05) is 18.3 Å². The second-order valence-corrected chi connectivity index (χ2v) is 5.47. The molecule has 4 nitrogen and oxygen atoms in total. The summed E-state index contributed by atoms with van der Waals surface area (Å²) in [6, 6.07) is 3.22. The highest BCUT2D eigenvalue weighted by molar-refractivity contribution is 9.10. The highest BCUT2D eigenvalue weighted by atomic mass is 79.9. The number of aromatic nitrogens is 1. The molecular weight excluding hydrogens is 323 g/mol. The molecule has 1 heterocycles. The minimum atomic E-state index is -1.07. The number of rotatable bonds is 3. The van der Waals surface area contributed by atoms with E-state index in [1.165, 1.54) is 0 Å². The van der Waals surface area contributed by atoms with Gasteiger partial charge >= 0.3 is 6.09 Å². The largest absolute Gasteiger partial charge is 0.465 e. The molecule has 1 aromatic carbocycles. The van der Waals surface area contributed by atoms with Crippen molar-refractivity contribution in [2.75, 3.05) is 11.4 Å². The molecule has 2 rings (SSSR count). The Balaban J connectivity index is 2.52. The van der Waals surface area contributed by atoms with Crippen LogP contribution < -0.4 is 4.90 Å². The van der Waals surface area contributed by atoms with Crippen molar-refractivity contribution < 1.29 is 14.3 Å². The highest BCUT2D eigenvalue weighted by Gasteiger charge is 2.19. The molecule has 1 aromatic heterocycles. The van der Waals surface area contributed by atoms with Crippen LogP contribution >= 0.6 is 27.3 Å². The smallest absolute Gasteiger partial charge is 0.413 e. The van der Waals surface area contributed by atoms with E-state index in [1.807, 2.05) is 6.92 Å². The first kappa shape index (κ1) is 13.2. The van der Waals surface area contributed by atoms with Crippen molar-refractivity contribution in [2.24, 2.45) is 0 Å². The monoisotopic (exact) mass is 332 g/mol. The van der Waals surface area contributed by atoms with Crippen molar-refractivity contribution in [3.05, 3.63) is 22.4 Å². The third-order valence-electron chi connectivity index (χ3n) is 2.35. The standard InChI is InChI=1S/C11H10BrFN2O2S/c1-2-5-15(11(16)17)10-14-7-4-3-6(12)8(13)9(7)18-10/h3-4H,2,5H2,1H3,(H,16,17). The Morgan fingerprint density at radius 2 is 2.33 bits per heavy atom. The number of hydrogen-bond donors (Lipinski definition) is 1. The fourth-order valence-corrected chi connectivity index (χ4v) is 3.02. The van der Waals surface area contributed by atoms with Gasteiger partial charge in [-0.25, -0.2) is 14.2 Å². The van der Waals surface area contributed by atoms with Gasteiger partial charge in [-0.3, -0.25) is 4.90 Å². The lowest BCUT2D eigenvalue weighted by Gasteiger charge is -2.13. The van der Waals surface area contributed by atoms with Crippen LogP contribution in [-0.2, 0) is 0 Å². The number of hydrogen-bond acceptors (Lipinski definition) is 3. The van der Waals surface area contributed by atoms with E-state index in [-0.39, 0.29) is 0 Å². The van der Waals surface area contributed by atoms with Crippen molar-refractivity contribution in [2.45, 2.75) is 13.3 Å². The first-order chi connectivity index (χ1) is 8.54. The number of benzene rings is 1. The average Bonchev–Trinajstić information content (AvgIpc) is 2.75. The molecule has 18 heavy (non-hydrogen) atoms. The maximum absolute atomic E-state index is 13.8. The van der Waals surface area contributed by atoms with Gasteiger partial charge in [0.1, 0.15) is 0 Å². The Kier molecular flexibility index (Phi) is 3.82. The molecule has 0 aliphatic carbocycles. The molecule has 1 amide bonds. The summed E-state index contributed by atoms with van der Waals surface area (Å²) in [6.45, 7) is 2.22. The van der Waals surface area contributed by atoms with Crippen LogP contribution in [0.4, 0.5) is 14.3 Å². The molecule has 2 aromatic rings. The molecule has 0 atom stereocenters. The van der Waals surface area contributed by atoms with Gasteiger partial charge in [-0.15, -0.1) is 0 Å². The highest BCUT2D eigenvalue weighted by Crippen LogP contribution is 2.33. The number of amides is 1. The Morgan fingerprint density at radius 3 is 2.94 bits per heavy atom. The number of anilines is 1. The van der Waals surface area contributed by atoms with Gasteiger partial charge in [0.15, 0.2) is 10.9 Å². The summed E-state index contributed by atoms with van der Waals surface area (Å²) in [5.74, 6) is -0.405. The van der Waals surface area contributed by atoms with Crippen molar-refractivity contribution in [3.8, 4) is 0 Å². The van der Waals surface area contributed by atoms with Gasteiger partial charge in [0.05, 0.1) is 14.7 Å².